The van der Waals surface area contributed by atoms with Gasteiger partial charge in [0, 0.05) is 0 Å². The van der Waals surface area contributed by atoms with Gasteiger partial charge in [0.2, 0.25) is 5.91 Å². The van der Waals surface area contributed by atoms with Crippen LogP contribution in [0.5, 0.6) is 5.75 Å². The standard InChI is InChI=1S/C23H31N5O2.ClH/c1-23(2,3)17-14-16(10-11-21(17)29)20(15-22(30)24-12-13-27(4)5)28-25-18-8-6-7-9-19(18)26-28;/h6-11,14,20,29H,12-13,15H2,1-5H3,(H,24,30);1H. The molecule has 0 radical (unpaired) electrons. The molecule has 0 saturated heterocycles. The van der Waals surface area contributed by atoms with Crippen LogP contribution in [0.1, 0.15) is 44.4 Å². The Balaban J connectivity index is 0.00000341. The van der Waals surface area contributed by atoms with Gasteiger partial charge in [0.25, 0.3) is 0 Å². The average molecular weight is 446 g/mol. The minimum absolute atomic E-state index is 0. The van der Waals surface area contributed by atoms with Crippen LogP contribution in [0.3, 0.4) is 0 Å². The average Bonchev–Trinajstić information content (AvgIpc) is 3.09. The second-order valence-electron chi connectivity index (χ2n) is 9.06. The van der Waals surface area contributed by atoms with E-state index < -0.39 is 0 Å². The summed E-state index contributed by atoms with van der Waals surface area (Å²) in [4.78, 5) is 15.6. The third-order valence-corrected chi connectivity index (χ3v) is 5.12. The minimum atomic E-state index is -0.370. The van der Waals surface area contributed by atoms with E-state index >= 15 is 0 Å². The zero-order valence-corrected chi connectivity index (χ0v) is 19.6. The highest BCUT2D eigenvalue weighted by Gasteiger charge is 2.25. The van der Waals surface area contributed by atoms with Crippen molar-refractivity contribution in [1.29, 1.82) is 0 Å². The first-order chi connectivity index (χ1) is 14.1. The van der Waals surface area contributed by atoms with Crippen molar-refractivity contribution in [2.45, 2.75) is 38.6 Å². The minimum Gasteiger partial charge on any atom is -1.00 e. The van der Waals surface area contributed by atoms with Crippen molar-refractivity contribution < 1.29 is 27.2 Å². The molecule has 7 nitrogen and oxygen atoms in total. The van der Waals surface area contributed by atoms with Crippen LogP contribution in [0, 0.1) is 0 Å². The van der Waals surface area contributed by atoms with Crippen molar-refractivity contribution in [1.82, 2.24) is 20.3 Å². The van der Waals surface area contributed by atoms with E-state index in [9.17, 15) is 9.90 Å². The number of nitrogens with zero attached hydrogens (tertiary/aromatic N) is 3. The predicted octanol–water partition coefficient (Wildman–Crippen LogP) is -1.32. The van der Waals surface area contributed by atoms with Gasteiger partial charge >= 0.3 is 0 Å². The highest BCUT2D eigenvalue weighted by molar-refractivity contribution is 5.77. The lowest BCUT2D eigenvalue weighted by Gasteiger charge is -2.23. The molecule has 3 aromatic rings. The van der Waals surface area contributed by atoms with E-state index in [2.05, 4.69) is 50.4 Å². The van der Waals surface area contributed by atoms with Crippen LogP contribution in [0.2, 0.25) is 0 Å². The fraction of sp³-hybridized carbons (Fsp3) is 0.435. The van der Waals surface area contributed by atoms with Crippen LogP contribution >= 0.6 is 0 Å². The highest BCUT2D eigenvalue weighted by Crippen LogP contribution is 2.34. The van der Waals surface area contributed by atoms with Crippen LogP contribution < -0.4 is 22.6 Å². The SMILES string of the molecule is C[NH+](C)CCNC(=O)CC(c1ccc(O)c(C(C)(C)C)c1)n1nc2ccccc2n1.[Cl-]. The number of carbonyl (C=O) groups excluding carboxylic acids is 1. The molecule has 1 atom stereocenters. The number of phenolic OH excluding ortho intramolecular Hbond substituents is 1. The Morgan fingerprint density at radius 1 is 1.13 bits per heavy atom. The van der Waals surface area contributed by atoms with Crippen molar-refractivity contribution >= 4 is 16.9 Å². The van der Waals surface area contributed by atoms with Gasteiger partial charge in [0.15, 0.2) is 0 Å². The van der Waals surface area contributed by atoms with Crippen LogP contribution in [-0.4, -0.2) is 53.2 Å². The summed E-state index contributed by atoms with van der Waals surface area (Å²) in [5.74, 6) is 0.204. The fourth-order valence-corrected chi connectivity index (χ4v) is 3.41. The highest BCUT2D eigenvalue weighted by atomic mass is 35.5. The van der Waals surface area contributed by atoms with Crippen LogP contribution in [-0.2, 0) is 10.2 Å². The first-order valence-corrected chi connectivity index (χ1v) is 10.4. The van der Waals surface area contributed by atoms with Gasteiger partial charge in [0.1, 0.15) is 22.8 Å². The lowest BCUT2D eigenvalue weighted by molar-refractivity contribution is -0.856. The third-order valence-electron chi connectivity index (χ3n) is 5.12. The number of hydrogen-bond acceptors (Lipinski definition) is 4. The van der Waals surface area contributed by atoms with E-state index in [0.717, 1.165) is 28.7 Å². The molecule has 8 heteroatoms. The molecule has 1 heterocycles. The summed E-state index contributed by atoms with van der Waals surface area (Å²) in [6.45, 7) is 7.63. The number of quaternary nitrogens is 1. The molecular weight excluding hydrogens is 414 g/mol. The molecule has 0 saturated carbocycles. The summed E-state index contributed by atoms with van der Waals surface area (Å²) < 4.78 is 0. The van der Waals surface area contributed by atoms with Gasteiger partial charge in [-0.2, -0.15) is 15.0 Å². The lowest BCUT2D eigenvalue weighted by Crippen LogP contribution is -3.06. The molecule has 1 aromatic heterocycles. The van der Waals surface area contributed by atoms with Gasteiger partial charge in [-0.1, -0.05) is 39.0 Å². The smallest absolute Gasteiger partial charge is 0.222 e. The van der Waals surface area contributed by atoms with Crippen molar-refractivity contribution in [3.63, 3.8) is 0 Å². The Bertz CT molecular complexity index is 993. The number of hydrogen-bond donors (Lipinski definition) is 3. The maximum absolute atomic E-state index is 12.7. The Hall–Kier alpha value is -2.64. The summed E-state index contributed by atoms with van der Waals surface area (Å²) in [5.41, 5.74) is 3.07. The van der Waals surface area contributed by atoms with Crippen molar-refractivity contribution in [3.05, 3.63) is 53.6 Å². The summed E-state index contributed by atoms with van der Waals surface area (Å²) >= 11 is 0. The van der Waals surface area contributed by atoms with Crippen molar-refractivity contribution in [2.24, 2.45) is 0 Å². The number of amides is 1. The quantitative estimate of drug-likeness (QED) is 0.421. The third kappa shape index (κ3) is 6.18. The number of rotatable bonds is 7. The molecule has 0 aliphatic rings. The number of halogens is 1. The summed E-state index contributed by atoms with van der Waals surface area (Å²) in [5, 5.41) is 22.6. The first kappa shape index (κ1) is 24.6. The molecule has 0 spiro atoms. The number of carbonyl (C=O) groups is 1. The lowest BCUT2D eigenvalue weighted by atomic mass is 9.84. The molecule has 0 aliphatic carbocycles. The number of phenols is 1. The van der Waals surface area contributed by atoms with E-state index in [0.29, 0.717) is 6.54 Å². The van der Waals surface area contributed by atoms with Crippen molar-refractivity contribution in [3.8, 4) is 5.75 Å². The van der Waals surface area contributed by atoms with E-state index in [1.54, 1.807) is 10.9 Å². The van der Waals surface area contributed by atoms with Gasteiger partial charge in [-0.25, -0.2) is 0 Å². The molecule has 0 bridgehead atoms. The fourth-order valence-electron chi connectivity index (χ4n) is 3.41. The van der Waals surface area contributed by atoms with Crippen LogP contribution in [0.15, 0.2) is 42.5 Å². The van der Waals surface area contributed by atoms with E-state index in [1.807, 2.05) is 36.4 Å². The maximum Gasteiger partial charge on any atom is 0.222 e. The molecule has 3 rings (SSSR count). The van der Waals surface area contributed by atoms with E-state index in [4.69, 9.17) is 0 Å². The van der Waals surface area contributed by atoms with Crippen LogP contribution in [0.4, 0.5) is 0 Å². The molecule has 2 aromatic carbocycles. The summed E-state index contributed by atoms with van der Waals surface area (Å²) in [7, 11) is 4.11. The Morgan fingerprint density at radius 2 is 1.74 bits per heavy atom. The van der Waals surface area contributed by atoms with E-state index in [-0.39, 0.29) is 41.9 Å². The predicted molar refractivity (Wildman–Crippen MR) is 118 cm³/mol. The maximum atomic E-state index is 12.7. The molecular formula is C23H32ClN5O2. The topological polar surface area (TPSA) is 84.5 Å². The molecule has 31 heavy (non-hydrogen) atoms. The number of aromatic hydroxyl groups is 1. The largest absolute Gasteiger partial charge is 1.00 e. The van der Waals surface area contributed by atoms with Gasteiger partial charge < -0.3 is 27.7 Å². The number of aromatic nitrogens is 3. The van der Waals surface area contributed by atoms with Gasteiger partial charge in [-0.3, -0.25) is 4.79 Å². The van der Waals surface area contributed by atoms with Gasteiger partial charge in [-0.15, -0.1) is 0 Å². The molecule has 0 fully saturated rings. The second kappa shape index (κ2) is 10.1. The van der Waals surface area contributed by atoms with Crippen molar-refractivity contribution in [2.75, 3.05) is 27.2 Å². The normalized spacial score (nSPS) is 12.6. The van der Waals surface area contributed by atoms with E-state index in [1.165, 1.54) is 4.90 Å². The van der Waals surface area contributed by atoms with Gasteiger partial charge in [-0.05, 0) is 40.8 Å². The Kier molecular flexibility index (Phi) is 8.03. The molecule has 1 unspecified atom stereocenters. The summed E-state index contributed by atoms with van der Waals surface area (Å²) in [6.07, 6.45) is 0.220. The molecule has 1 amide bonds. The van der Waals surface area contributed by atoms with Gasteiger partial charge in [0.05, 0.1) is 33.6 Å². The zero-order valence-electron chi connectivity index (χ0n) is 18.8. The number of fused-ring (bicyclic) bond motifs is 1. The summed E-state index contributed by atoms with van der Waals surface area (Å²) in [6, 6.07) is 12.8. The Morgan fingerprint density at radius 3 is 2.29 bits per heavy atom. The molecule has 0 aliphatic heterocycles. The Labute approximate surface area is 189 Å². The molecule has 3 N–H and O–H groups in total. The first-order valence-electron chi connectivity index (χ1n) is 10.4. The van der Waals surface area contributed by atoms with Crippen LogP contribution in [0.25, 0.3) is 11.0 Å². The number of benzene rings is 2. The molecule has 168 valence electrons. The zero-order chi connectivity index (χ0) is 21.9. The number of nitrogens with one attached hydrogen (secondary N) is 2. The number of likely N-dealkylation sites (N-methyl/N-ethyl adjacent to an activating group) is 1. The monoisotopic (exact) mass is 445 g/mol. The second-order valence-corrected chi connectivity index (χ2v) is 9.06.